The smallest absolute Gasteiger partial charge is 0.234 e. The number of hydrogen-bond donors (Lipinski definition) is 1. The Balaban J connectivity index is 1.07. The van der Waals surface area contributed by atoms with Gasteiger partial charge in [0, 0.05) is 54.1 Å². The number of halogens is 1. The quantitative estimate of drug-likeness (QED) is 0.477. The predicted octanol–water partition coefficient (Wildman–Crippen LogP) is 4.65. The fraction of sp³-hybridized carbons (Fsp3) is 0.296. The highest BCUT2D eigenvalue weighted by atomic mass is 35.5. The average molecular weight is 510 g/mol. The second kappa shape index (κ2) is 11.4. The molecule has 0 atom stereocenters. The van der Waals surface area contributed by atoms with E-state index in [2.05, 4.69) is 39.4 Å². The number of hydrogen-bond acceptors (Lipinski definition) is 6. The number of amides is 1. The van der Waals surface area contributed by atoms with Crippen LogP contribution in [0.25, 0.3) is 0 Å². The van der Waals surface area contributed by atoms with E-state index in [1.54, 1.807) is 11.8 Å². The molecular weight excluding hydrogens is 482 g/mol. The zero-order valence-corrected chi connectivity index (χ0v) is 21.0. The molecule has 0 spiro atoms. The average Bonchev–Trinajstić information content (AvgIpc) is 3.34. The molecule has 2 aliphatic rings. The van der Waals surface area contributed by atoms with Crippen molar-refractivity contribution in [3.63, 3.8) is 0 Å². The minimum Gasteiger partial charge on any atom is -0.454 e. The van der Waals surface area contributed by atoms with Gasteiger partial charge < -0.3 is 14.8 Å². The van der Waals surface area contributed by atoms with Gasteiger partial charge in [0.15, 0.2) is 11.5 Å². The molecule has 1 saturated heterocycles. The maximum atomic E-state index is 12.7. The predicted molar refractivity (Wildman–Crippen MR) is 138 cm³/mol. The second-order valence-electron chi connectivity index (χ2n) is 8.68. The van der Waals surface area contributed by atoms with Gasteiger partial charge in [-0.1, -0.05) is 47.6 Å². The minimum absolute atomic E-state index is 0.0560. The van der Waals surface area contributed by atoms with E-state index in [1.165, 1.54) is 5.56 Å². The Morgan fingerprint density at radius 3 is 2.49 bits per heavy atom. The van der Waals surface area contributed by atoms with Crippen molar-refractivity contribution in [3.05, 3.63) is 82.9 Å². The third-order valence-corrected chi connectivity index (χ3v) is 7.54. The summed E-state index contributed by atoms with van der Waals surface area (Å²) in [6, 6.07) is 22.1. The van der Waals surface area contributed by atoms with Gasteiger partial charge in [0.05, 0.1) is 6.54 Å². The highest BCUT2D eigenvalue weighted by molar-refractivity contribution is 7.99. The van der Waals surface area contributed by atoms with E-state index in [0.29, 0.717) is 19.9 Å². The molecule has 1 N–H and O–H groups in total. The SMILES string of the molecule is O=C(CN1CCN(Cc2ccc3c(c2)OCO3)CC1)NCc1ccccc1Sc1ccc(Cl)cc1. The molecule has 2 heterocycles. The number of carbonyl (C=O) groups excluding carboxylic acids is 1. The van der Waals surface area contributed by atoms with Crippen LogP contribution < -0.4 is 14.8 Å². The Morgan fingerprint density at radius 2 is 1.66 bits per heavy atom. The molecule has 0 saturated carbocycles. The van der Waals surface area contributed by atoms with E-state index in [-0.39, 0.29) is 5.91 Å². The Labute approximate surface area is 215 Å². The van der Waals surface area contributed by atoms with Crippen LogP contribution in [-0.2, 0) is 17.9 Å². The molecule has 0 unspecified atom stereocenters. The largest absolute Gasteiger partial charge is 0.454 e. The van der Waals surface area contributed by atoms with Crippen molar-refractivity contribution in [2.45, 2.75) is 22.9 Å². The van der Waals surface area contributed by atoms with Gasteiger partial charge in [-0.15, -0.1) is 0 Å². The first-order valence-electron chi connectivity index (χ1n) is 11.7. The maximum absolute atomic E-state index is 12.7. The zero-order valence-electron chi connectivity index (χ0n) is 19.4. The standard InChI is InChI=1S/C27H28ClN3O3S/c28-22-6-8-23(9-7-22)35-26-4-2-1-3-21(26)16-29-27(32)18-31-13-11-30(12-14-31)17-20-5-10-24-25(15-20)34-19-33-24/h1-10,15H,11-14,16-19H2,(H,29,32). The third-order valence-electron chi connectivity index (χ3n) is 6.17. The van der Waals surface area contributed by atoms with Gasteiger partial charge >= 0.3 is 0 Å². The van der Waals surface area contributed by atoms with Crippen molar-refractivity contribution in [1.29, 1.82) is 0 Å². The Bertz CT molecular complexity index is 1170. The molecule has 0 radical (unpaired) electrons. The number of nitrogens with one attached hydrogen (secondary N) is 1. The summed E-state index contributed by atoms with van der Waals surface area (Å²) in [5.74, 6) is 1.70. The van der Waals surface area contributed by atoms with Crippen molar-refractivity contribution in [1.82, 2.24) is 15.1 Å². The fourth-order valence-corrected chi connectivity index (χ4v) is 5.30. The third kappa shape index (κ3) is 6.49. The number of fused-ring (bicyclic) bond motifs is 1. The van der Waals surface area contributed by atoms with Crippen molar-refractivity contribution in [2.24, 2.45) is 0 Å². The molecule has 0 aromatic heterocycles. The highest BCUT2D eigenvalue weighted by Gasteiger charge is 2.20. The summed E-state index contributed by atoms with van der Waals surface area (Å²) in [5.41, 5.74) is 2.32. The molecule has 3 aromatic rings. The second-order valence-corrected chi connectivity index (χ2v) is 10.2. The first kappa shape index (κ1) is 24.0. The summed E-state index contributed by atoms with van der Waals surface area (Å²) in [5, 5.41) is 3.83. The van der Waals surface area contributed by atoms with E-state index < -0.39 is 0 Å². The lowest BCUT2D eigenvalue weighted by Crippen LogP contribution is -2.49. The lowest BCUT2D eigenvalue weighted by Gasteiger charge is -2.34. The van der Waals surface area contributed by atoms with E-state index in [4.69, 9.17) is 21.1 Å². The van der Waals surface area contributed by atoms with Crippen molar-refractivity contribution >= 4 is 29.3 Å². The summed E-state index contributed by atoms with van der Waals surface area (Å²) >= 11 is 7.68. The summed E-state index contributed by atoms with van der Waals surface area (Å²) in [7, 11) is 0. The number of piperazine rings is 1. The molecule has 8 heteroatoms. The van der Waals surface area contributed by atoms with Crippen LogP contribution in [0.5, 0.6) is 11.5 Å². The van der Waals surface area contributed by atoms with E-state index >= 15 is 0 Å². The number of ether oxygens (including phenoxy) is 2. The number of benzene rings is 3. The van der Waals surface area contributed by atoms with Crippen molar-refractivity contribution in [2.75, 3.05) is 39.5 Å². The van der Waals surface area contributed by atoms with E-state index in [9.17, 15) is 4.79 Å². The van der Waals surface area contributed by atoms with Gasteiger partial charge in [-0.25, -0.2) is 0 Å². The van der Waals surface area contributed by atoms with Gasteiger partial charge in [0.25, 0.3) is 0 Å². The Morgan fingerprint density at radius 1 is 0.914 bits per heavy atom. The molecule has 1 fully saturated rings. The number of nitrogens with zero attached hydrogens (tertiary/aromatic N) is 2. The van der Waals surface area contributed by atoms with Gasteiger partial charge in [-0.05, 0) is 53.6 Å². The van der Waals surface area contributed by atoms with Gasteiger partial charge in [-0.2, -0.15) is 0 Å². The Hall–Kier alpha value is -2.71. The summed E-state index contributed by atoms with van der Waals surface area (Å²) in [4.78, 5) is 19.5. The maximum Gasteiger partial charge on any atom is 0.234 e. The van der Waals surface area contributed by atoms with Crippen LogP contribution in [-0.4, -0.2) is 55.2 Å². The normalized spacial score (nSPS) is 15.8. The molecule has 5 rings (SSSR count). The topological polar surface area (TPSA) is 54.0 Å². The van der Waals surface area contributed by atoms with E-state index in [0.717, 1.165) is 64.6 Å². The molecule has 1 amide bonds. The Kier molecular flexibility index (Phi) is 7.79. The number of rotatable bonds is 8. The van der Waals surface area contributed by atoms with Crippen LogP contribution in [0.3, 0.4) is 0 Å². The van der Waals surface area contributed by atoms with Gasteiger partial charge in [0.2, 0.25) is 12.7 Å². The van der Waals surface area contributed by atoms with Crippen molar-refractivity contribution in [3.8, 4) is 11.5 Å². The van der Waals surface area contributed by atoms with E-state index in [1.807, 2.05) is 42.5 Å². The lowest BCUT2D eigenvalue weighted by molar-refractivity contribution is -0.122. The van der Waals surface area contributed by atoms with Crippen LogP contribution >= 0.6 is 23.4 Å². The molecule has 35 heavy (non-hydrogen) atoms. The first-order chi connectivity index (χ1) is 17.1. The minimum atomic E-state index is 0.0560. The number of carbonyl (C=O) groups is 1. The molecule has 0 bridgehead atoms. The lowest BCUT2D eigenvalue weighted by atomic mass is 10.1. The molecule has 0 aliphatic carbocycles. The summed E-state index contributed by atoms with van der Waals surface area (Å²) in [6.07, 6.45) is 0. The first-order valence-corrected chi connectivity index (χ1v) is 12.9. The monoisotopic (exact) mass is 509 g/mol. The highest BCUT2D eigenvalue weighted by Crippen LogP contribution is 2.33. The molecule has 2 aliphatic heterocycles. The van der Waals surface area contributed by atoms with Gasteiger partial charge in [0.1, 0.15) is 0 Å². The summed E-state index contributed by atoms with van der Waals surface area (Å²) < 4.78 is 10.9. The molecule has 182 valence electrons. The molecular formula is C27H28ClN3O3S. The van der Waals surface area contributed by atoms with Crippen LogP contribution in [0.1, 0.15) is 11.1 Å². The molecule has 6 nitrogen and oxygen atoms in total. The van der Waals surface area contributed by atoms with Crippen LogP contribution in [0.2, 0.25) is 5.02 Å². The van der Waals surface area contributed by atoms with Gasteiger partial charge in [-0.3, -0.25) is 14.6 Å². The van der Waals surface area contributed by atoms with Crippen molar-refractivity contribution < 1.29 is 14.3 Å². The zero-order chi connectivity index (χ0) is 24.0. The van der Waals surface area contributed by atoms with Crippen LogP contribution in [0.15, 0.2) is 76.5 Å². The molecule has 3 aromatic carbocycles. The van der Waals surface area contributed by atoms with Crippen LogP contribution in [0.4, 0.5) is 0 Å². The summed E-state index contributed by atoms with van der Waals surface area (Å²) in [6.45, 7) is 5.72. The fourth-order valence-electron chi connectivity index (χ4n) is 4.23. The van der Waals surface area contributed by atoms with Crippen LogP contribution in [0, 0.1) is 0 Å².